The molecular weight excluding hydrogens is 252 g/mol. The minimum atomic E-state index is -0.0363. The van der Waals surface area contributed by atoms with Crippen molar-refractivity contribution in [3.63, 3.8) is 0 Å². The SMILES string of the molecule is COCCOCC(=O)N(CC(N)=S)C1CCCC1. The zero-order valence-electron chi connectivity index (χ0n) is 10.9. The van der Waals surface area contributed by atoms with E-state index in [1.165, 1.54) is 0 Å². The first-order chi connectivity index (χ1) is 8.65. The molecule has 1 amide bonds. The number of amides is 1. The van der Waals surface area contributed by atoms with Gasteiger partial charge in [-0.05, 0) is 12.8 Å². The summed E-state index contributed by atoms with van der Waals surface area (Å²) < 4.78 is 10.1. The summed E-state index contributed by atoms with van der Waals surface area (Å²) in [4.78, 5) is 14.2. The second-order valence-corrected chi connectivity index (χ2v) is 5.00. The fourth-order valence-corrected chi connectivity index (χ4v) is 2.33. The molecule has 104 valence electrons. The van der Waals surface area contributed by atoms with Crippen LogP contribution in [0.2, 0.25) is 0 Å². The van der Waals surface area contributed by atoms with Crippen LogP contribution in [0.4, 0.5) is 0 Å². The third-order valence-corrected chi connectivity index (χ3v) is 3.20. The summed E-state index contributed by atoms with van der Waals surface area (Å²) in [7, 11) is 1.60. The van der Waals surface area contributed by atoms with Crippen LogP contribution < -0.4 is 5.73 Å². The van der Waals surface area contributed by atoms with Gasteiger partial charge in [0.15, 0.2) is 0 Å². The van der Waals surface area contributed by atoms with Gasteiger partial charge in [-0.1, -0.05) is 25.1 Å². The van der Waals surface area contributed by atoms with Crippen molar-refractivity contribution in [2.75, 3.05) is 33.5 Å². The largest absolute Gasteiger partial charge is 0.392 e. The minimum Gasteiger partial charge on any atom is -0.392 e. The second kappa shape index (κ2) is 8.39. The molecule has 0 saturated heterocycles. The van der Waals surface area contributed by atoms with Crippen molar-refractivity contribution in [3.8, 4) is 0 Å². The van der Waals surface area contributed by atoms with E-state index in [-0.39, 0.29) is 18.6 Å². The van der Waals surface area contributed by atoms with Crippen LogP contribution in [0, 0.1) is 0 Å². The Hall–Kier alpha value is -0.720. The predicted octanol–water partition coefficient (Wildman–Crippen LogP) is 0.707. The quantitative estimate of drug-likeness (QED) is 0.521. The van der Waals surface area contributed by atoms with Crippen LogP contribution in [0.25, 0.3) is 0 Å². The van der Waals surface area contributed by atoms with Crippen molar-refractivity contribution in [3.05, 3.63) is 0 Å². The molecule has 5 nitrogen and oxygen atoms in total. The molecule has 0 aliphatic heterocycles. The molecule has 0 atom stereocenters. The number of nitrogens with two attached hydrogens (primary N) is 1. The molecule has 0 bridgehead atoms. The van der Waals surface area contributed by atoms with Gasteiger partial charge in [-0.3, -0.25) is 4.79 Å². The first-order valence-corrected chi connectivity index (χ1v) is 6.70. The Bertz CT molecular complexity index is 280. The van der Waals surface area contributed by atoms with E-state index >= 15 is 0 Å². The zero-order chi connectivity index (χ0) is 13.4. The van der Waals surface area contributed by atoms with Crippen LogP contribution in [-0.2, 0) is 14.3 Å². The van der Waals surface area contributed by atoms with Gasteiger partial charge >= 0.3 is 0 Å². The van der Waals surface area contributed by atoms with E-state index in [1.54, 1.807) is 12.0 Å². The fourth-order valence-electron chi connectivity index (χ4n) is 2.19. The molecule has 2 N–H and O–H groups in total. The molecule has 18 heavy (non-hydrogen) atoms. The normalized spacial score (nSPS) is 15.8. The second-order valence-electron chi connectivity index (χ2n) is 4.47. The average molecular weight is 274 g/mol. The summed E-state index contributed by atoms with van der Waals surface area (Å²) in [5.41, 5.74) is 5.55. The van der Waals surface area contributed by atoms with Crippen LogP contribution in [0.3, 0.4) is 0 Å². The van der Waals surface area contributed by atoms with Gasteiger partial charge in [0, 0.05) is 13.2 Å². The van der Waals surface area contributed by atoms with Crippen LogP contribution in [0.1, 0.15) is 25.7 Å². The van der Waals surface area contributed by atoms with Crippen molar-refractivity contribution in [1.29, 1.82) is 0 Å². The topological polar surface area (TPSA) is 64.8 Å². The number of ether oxygens (including phenoxy) is 2. The number of rotatable bonds is 8. The molecule has 1 saturated carbocycles. The molecule has 0 unspecified atom stereocenters. The molecule has 0 spiro atoms. The molecule has 0 heterocycles. The molecule has 1 aliphatic rings. The lowest BCUT2D eigenvalue weighted by atomic mass is 10.2. The highest BCUT2D eigenvalue weighted by atomic mass is 32.1. The first-order valence-electron chi connectivity index (χ1n) is 6.29. The van der Waals surface area contributed by atoms with Crippen molar-refractivity contribution in [1.82, 2.24) is 4.90 Å². The van der Waals surface area contributed by atoms with Gasteiger partial charge in [-0.2, -0.15) is 0 Å². The van der Waals surface area contributed by atoms with E-state index in [2.05, 4.69) is 0 Å². The van der Waals surface area contributed by atoms with Crippen molar-refractivity contribution >= 4 is 23.1 Å². The number of thiocarbonyl (C=S) groups is 1. The van der Waals surface area contributed by atoms with Crippen LogP contribution in [0.5, 0.6) is 0 Å². The molecule has 6 heteroatoms. The fraction of sp³-hybridized carbons (Fsp3) is 0.833. The van der Waals surface area contributed by atoms with Crippen LogP contribution in [-0.4, -0.2) is 55.3 Å². The van der Waals surface area contributed by atoms with Crippen molar-refractivity contribution < 1.29 is 14.3 Å². The summed E-state index contributed by atoms with van der Waals surface area (Å²) in [5, 5.41) is 0. The highest BCUT2D eigenvalue weighted by molar-refractivity contribution is 7.80. The summed E-state index contributed by atoms with van der Waals surface area (Å²) in [6.45, 7) is 1.34. The summed E-state index contributed by atoms with van der Waals surface area (Å²) >= 11 is 4.90. The molecule has 0 radical (unpaired) electrons. The molecule has 1 aliphatic carbocycles. The lowest BCUT2D eigenvalue weighted by Crippen LogP contribution is -2.45. The predicted molar refractivity (Wildman–Crippen MR) is 73.4 cm³/mol. The number of carbonyl (C=O) groups is 1. The van der Waals surface area contributed by atoms with Crippen molar-refractivity contribution in [2.24, 2.45) is 5.73 Å². The Morgan fingerprint density at radius 1 is 1.39 bits per heavy atom. The smallest absolute Gasteiger partial charge is 0.249 e. The number of hydrogen-bond acceptors (Lipinski definition) is 4. The number of methoxy groups -OCH3 is 1. The number of hydrogen-bond donors (Lipinski definition) is 1. The maximum atomic E-state index is 12.1. The molecule has 0 aromatic carbocycles. The lowest BCUT2D eigenvalue weighted by molar-refractivity contribution is -0.137. The summed E-state index contributed by atoms with van der Waals surface area (Å²) in [6, 6.07) is 0.269. The van der Waals surface area contributed by atoms with E-state index in [0.29, 0.717) is 24.7 Å². The molecule has 1 fully saturated rings. The average Bonchev–Trinajstić information content (AvgIpc) is 2.84. The lowest BCUT2D eigenvalue weighted by Gasteiger charge is -2.28. The van der Waals surface area contributed by atoms with Gasteiger partial charge in [0.2, 0.25) is 5.91 Å². The maximum Gasteiger partial charge on any atom is 0.249 e. The van der Waals surface area contributed by atoms with Crippen LogP contribution in [0.15, 0.2) is 0 Å². The van der Waals surface area contributed by atoms with Crippen LogP contribution >= 0.6 is 12.2 Å². The molecule has 0 aromatic heterocycles. The Kier molecular flexibility index (Phi) is 7.15. The summed E-state index contributed by atoms with van der Waals surface area (Å²) in [5.74, 6) is -0.0363. The first kappa shape index (κ1) is 15.3. The van der Waals surface area contributed by atoms with E-state index in [0.717, 1.165) is 25.7 Å². The molecule has 0 aromatic rings. The molecular formula is C12H22N2O3S. The van der Waals surface area contributed by atoms with E-state index in [4.69, 9.17) is 27.4 Å². The Balaban J connectivity index is 2.42. The van der Waals surface area contributed by atoms with Crippen molar-refractivity contribution in [2.45, 2.75) is 31.7 Å². The number of nitrogens with zero attached hydrogens (tertiary/aromatic N) is 1. The van der Waals surface area contributed by atoms with E-state index in [1.807, 2.05) is 0 Å². The highest BCUT2D eigenvalue weighted by Crippen LogP contribution is 2.23. The number of carbonyl (C=O) groups excluding carboxylic acids is 1. The van der Waals surface area contributed by atoms with E-state index < -0.39 is 0 Å². The van der Waals surface area contributed by atoms with Gasteiger partial charge in [-0.25, -0.2) is 0 Å². The van der Waals surface area contributed by atoms with Gasteiger partial charge in [0.1, 0.15) is 6.61 Å². The van der Waals surface area contributed by atoms with E-state index in [9.17, 15) is 4.79 Å². The summed E-state index contributed by atoms with van der Waals surface area (Å²) in [6.07, 6.45) is 4.39. The third kappa shape index (κ3) is 5.29. The Morgan fingerprint density at radius 2 is 2.06 bits per heavy atom. The maximum absolute atomic E-state index is 12.1. The Labute approximate surface area is 114 Å². The van der Waals surface area contributed by atoms with Gasteiger partial charge in [0.05, 0.1) is 24.7 Å². The zero-order valence-corrected chi connectivity index (χ0v) is 11.7. The standard InChI is InChI=1S/C12H22N2O3S/c1-16-6-7-17-9-12(15)14(8-11(13)18)10-4-2-3-5-10/h10H,2-9H2,1H3,(H2,13,18). The molecule has 1 rings (SSSR count). The monoisotopic (exact) mass is 274 g/mol. The van der Waals surface area contributed by atoms with Gasteiger partial charge in [0.25, 0.3) is 0 Å². The Morgan fingerprint density at radius 3 is 2.61 bits per heavy atom. The highest BCUT2D eigenvalue weighted by Gasteiger charge is 2.26. The minimum absolute atomic E-state index is 0.0363. The van der Waals surface area contributed by atoms with Gasteiger partial charge < -0.3 is 20.1 Å². The van der Waals surface area contributed by atoms with Gasteiger partial charge in [-0.15, -0.1) is 0 Å². The third-order valence-electron chi connectivity index (χ3n) is 3.07.